The van der Waals surface area contributed by atoms with E-state index in [9.17, 15) is 9.59 Å². The molecule has 1 unspecified atom stereocenters. The molecule has 0 aromatic heterocycles. The SMILES string of the molecule is CC(C)CCNC(=O)C(C)Oc1cccc(C=O)c1. The van der Waals surface area contributed by atoms with Crippen molar-refractivity contribution in [2.45, 2.75) is 33.3 Å². The average Bonchev–Trinajstić information content (AvgIpc) is 2.38. The third kappa shape index (κ3) is 5.55. The van der Waals surface area contributed by atoms with E-state index in [-0.39, 0.29) is 5.91 Å². The molecule has 1 amide bonds. The van der Waals surface area contributed by atoms with E-state index in [4.69, 9.17) is 4.74 Å². The smallest absolute Gasteiger partial charge is 0.260 e. The molecule has 4 nitrogen and oxygen atoms in total. The fourth-order valence-electron chi connectivity index (χ4n) is 1.55. The normalized spacial score (nSPS) is 12.0. The molecule has 0 saturated heterocycles. The van der Waals surface area contributed by atoms with Gasteiger partial charge in [-0.25, -0.2) is 0 Å². The third-order valence-corrected chi connectivity index (χ3v) is 2.70. The van der Waals surface area contributed by atoms with Crippen LogP contribution in [-0.2, 0) is 4.79 Å². The Kier molecular flexibility index (Phi) is 6.06. The van der Waals surface area contributed by atoms with E-state index in [0.717, 1.165) is 12.7 Å². The van der Waals surface area contributed by atoms with Crippen molar-refractivity contribution in [2.75, 3.05) is 6.54 Å². The Hall–Kier alpha value is -1.84. The first-order chi connectivity index (χ1) is 9.02. The monoisotopic (exact) mass is 263 g/mol. The van der Waals surface area contributed by atoms with Crippen molar-refractivity contribution in [3.05, 3.63) is 29.8 Å². The summed E-state index contributed by atoms with van der Waals surface area (Å²) < 4.78 is 5.51. The summed E-state index contributed by atoms with van der Waals surface area (Å²) in [5.41, 5.74) is 0.532. The number of amides is 1. The summed E-state index contributed by atoms with van der Waals surface area (Å²) in [4.78, 5) is 22.4. The molecule has 0 radical (unpaired) electrons. The zero-order valence-electron chi connectivity index (χ0n) is 11.7. The lowest BCUT2D eigenvalue weighted by Crippen LogP contribution is -2.37. The van der Waals surface area contributed by atoms with Gasteiger partial charge in [0.1, 0.15) is 12.0 Å². The standard InChI is InChI=1S/C15H21NO3/c1-11(2)7-8-16-15(18)12(3)19-14-6-4-5-13(9-14)10-17/h4-6,9-12H,7-8H2,1-3H3,(H,16,18). The van der Waals surface area contributed by atoms with Crippen molar-refractivity contribution in [3.8, 4) is 5.75 Å². The molecule has 19 heavy (non-hydrogen) atoms. The Morgan fingerprint density at radius 3 is 2.74 bits per heavy atom. The molecule has 1 N–H and O–H groups in total. The van der Waals surface area contributed by atoms with E-state index in [0.29, 0.717) is 23.8 Å². The molecular weight excluding hydrogens is 242 g/mol. The van der Waals surface area contributed by atoms with Gasteiger partial charge in [0.25, 0.3) is 5.91 Å². The maximum Gasteiger partial charge on any atom is 0.260 e. The molecule has 4 heteroatoms. The first kappa shape index (κ1) is 15.2. The van der Waals surface area contributed by atoms with E-state index in [1.54, 1.807) is 31.2 Å². The highest BCUT2D eigenvalue weighted by Crippen LogP contribution is 2.13. The second-order valence-corrected chi connectivity index (χ2v) is 4.92. The number of aldehydes is 1. The molecule has 1 rings (SSSR count). The number of rotatable bonds is 7. The minimum Gasteiger partial charge on any atom is -0.481 e. The maximum absolute atomic E-state index is 11.8. The Labute approximate surface area is 114 Å². The number of carbonyl (C=O) groups excluding carboxylic acids is 2. The summed E-state index contributed by atoms with van der Waals surface area (Å²) in [6.45, 7) is 6.56. The van der Waals surface area contributed by atoms with Crippen LogP contribution in [0.3, 0.4) is 0 Å². The van der Waals surface area contributed by atoms with E-state index >= 15 is 0 Å². The molecule has 1 aromatic carbocycles. The fourth-order valence-corrected chi connectivity index (χ4v) is 1.55. The molecule has 1 aromatic rings. The summed E-state index contributed by atoms with van der Waals surface area (Å²) in [6.07, 6.45) is 1.12. The fraction of sp³-hybridized carbons (Fsp3) is 0.467. The van der Waals surface area contributed by atoms with Crippen LogP contribution in [0.2, 0.25) is 0 Å². The lowest BCUT2D eigenvalue weighted by molar-refractivity contribution is -0.127. The Bertz CT molecular complexity index is 429. The number of carbonyl (C=O) groups is 2. The topological polar surface area (TPSA) is 55.4 Å². The number of ether oxygens (including phenoxy) is 1. The highest BCUT2D eigenvalue weighted by molar-refractivity contribution is 5.80. The van der Waals surface area contributed by atoms with Crippen molar-refractivity contribution in [1.29, 1.82) is 0 Å². The molecule has 104 valence electrons. The molecule has 0 bridgehead atoms. The zero-order chi connectivity index (χ0) is 14.3. The molecule has 0 aliphatic carbocycles. The minimum atomic E-state index is -0.575. The van der Waals surface area contributed by atoms with Gasteiger partial charge in [-0.1, -0.05) is 26.0 Å². The van der Waals surface area contributed by atoms with Crippen LogP contribution >= 0.6 is 0 Å². The summed E-state index contributed by atoms with van der Waals surface area (Å²) in [5, 5.41) is 2.83. The Morgan fingerprint density at radius 2 is 2.11 bits per heavy atom. The molecule has 0 aliphatic rings. The average molecular weight is 263 g/mol. The number of benzene rings is 1. The molecule has 0 aliphatic heterocycles. The minimum absolute atomic E-state index is 0.142. The van der Waals surface area contributed by atoms with Crippen molar-refractivity contribution in [3.63, 3.8) is 0 Å². The van der Waals surface area contributed by atoms with E-state index in [1.807, 2.05) is 0 Å². The summed E-state index contributed by atoms with van der Waals surface area (Å²) in [7, 11) is 0. The van der Waals surface area contributed by atoms with E-state index in [1.165, 1.54) is 0 Å². The van der Waals surface area contributed by atoms with Crippen LogP contribution in [0.25, 0.3) is 0 Å². The van der Waals surface area contributed by atoms with Gasteiger partial charge in [-0.15, -0.1) is 0 Å². The van der Waals surface area contributed by atoms with Gasteiger partial charge in [-0.3, -0.25) is 9.59 Å². The van der Waals surface area contributed by atoms with Gasteiger partial charge in [0.15, 0.2) is 6.10 Å². The molecule has 0 spiro atoms. The number of nitrogens with one attached hydrogen (secondary N) is 1. The van der Waals surface area contributed by atoms with Crippen LogP contribution in [0, 0.1) is 5.92 Å². The summed E-state index contributed by atoms with van der Waals surface area (Å²) in [5.74, 6) is 0.939. The van der Waals surface area contributed by atoms with Gasteiger partial charge < -0.3 is 10.1 Å². The lowest BCUT2D eigenvalue weighted by atomic mass is 10.1. The van der Waals surface area contributed by atoms with Crippen LogP contribution < -0.4 is 10.1 Å². The van der Waals surface area contributed by atoms with Gasteiger partial charge in [0.2, 0.25) is 0 Å². The van der Waals surface area contributed by atoms with Crippen LogP contribution in [0.1, 0.15) is 37.6 Å². The van der Waals surface area contributed by atoms with Crippen LogP contribution in [0.5, 0.6) is 5.75 Å². The van der Waals surface area contributed by atoms with E-state index in [2.05, 4.69) is 19.2 Å². The van der Waals surface area contributed by atoms with Gasteiger partial charge >= 0.3 is 0 Å². The quantitative estimate of drug-likeness (QED) is 0.769. The first-order valence-corrected chi connectivity index (χ1v) is 6.52. The largest absolute Gasteiger partial charge is 0.481 e. The number of hydrogen-bond acceptors (Lipinski definition) is 3. The van der Waals surface area contributed by atoms with Gasteiger partial charge in [0.05, 0.1) is 0 Å². The molecule has 0 fully saturated rings. The predicted octanol–water partition coefficient (Wildman–Crippen LogP) is 2.43. The summed E-state index contributed by atoms with van der Waals surface area (Å²) in [6, 6.07) is 6.76. The molecule has 1 atom stereocenters. The van der Waals surface area contributed by atoms with Crippen LogP contribution in [0.15, 0.2) is 24.3 Å². The van der Waals surface area contributed by atoms with Crippen LogP contribution in [0.4, 0.5) is 0 Å². The maximum atomic E-state index is 11.8. The zero-order valence-corrected chi connectivity index (χ0v) is 11.7. The van der Waals surface area contributed by atoms with Crippen LogP contribution in [-0.4, -0.2) is 24.8 Å². The highest BCUT2D eigenvalue weighted by atomic mass is 16.5. The van der Waals surface area contributed by atoms with E-state index < -0.39 is 6.10 Å². The summed E-state index contributed by atoms with van der Waals surface area (Å²) >= 11 is 0. The predicted molar refractivity (Wildman–Crippen MR) is 74.4 cm³/mol. The third-order valence-electron chi connectivity index (χ3n) is 2.70. The van der Waals surface area contributed by atoms with Crippen molar-refractivity contribution < 1.29 is 14.3 Å². The van der Waals surface area contributed by atoms with Crippen molar-refractivity contribution in [1.82, 2.24) is 5.32 Å². The van der Waals surface area contributed by atoms with Crippen molar-refractivity contribution >= 4 is 12.2 Å². The molecule has 0 saturated carbocycles. The Morgan fingerprint density at radius 1 is 1.37 bits per heavy atom. The molecular formula is C15H21NO3. The second-order valence-electron chi connectivity index (χ2n) is 4.92. The first-order valence-electron chi connectivity index (χ1n) is 6.52. The highest BCUT2D eigenvalue weighted by Gasteiger charge is 2.14. The van der Waals surface area contributed by atoms with Gasteiger partial charge in [-0.05, 0) is 31.4 Å². The second kappa shape index (κ2) is 7.56. The van der Waals surface area contributed by atoms with Gasteiger partial charge in [-0.2, -0.15) is 0 Å². The van der Waals surface area contributed by atoms with Crippen molar-refractivity contribution in [2.24, 2.45) is 5.92 Å². The number of hydrogen-bond donors (Lipinski definition) is 1. The molecule has 0 heterocycles. The Balaban J connectivity index is 2.46. The van der Waals surface area contributed by atoms with Gasteiger partial charge in [0, 0.05) is 12.1 Å². The lowest BCUT2D eigenvalue weighted by Gasteiger charge is -2.15.